The van der Waals surface area contributed by atoms with E-state index in [-0.39, 0.29) is 41.9 Å². The van der Waals surface area contributed by atoms with Gasteiger partial charge >= 0.3 is 26.1 Å². The number of carbonyl (C=O) groups is 1. The first kappa shape index (κ1) is 34.6. The van der Waals surface area contributed by atoms with Crippen LogP contribution in [0.1, 0.15) is 29.3 Å². The number of benzene rings is 2. The number of imidazole rings is 1. The quantitative estimate of drug-likeness (QED) is 0.0735. The van der Waals surface area contributed by atoms with Crippen molar-refractivity contribution in [1.29, 1.82) is 0 Å². The predicted octanol–water partition coefficient (Wildman–Crippen LogP) is 6.32. The number of ether oxygens (including phenoxy) is 1. The molecule has 0 fully saturated rings. The summed E-state index contributed by atoms with van der Waals surface area (Å²) in [5.41, 5.74) is -3.81. The van der Waals surface area contributed by atoms with E-state index in [4.69, 9.17) is 14.5 Å². The highest BCUT2D eigenvalue weighted by Gasteiger charge is 2.39. The summed E-state index contributed by atoms with van der Waals surface area (Å²) in [5.74, 6) is -1.52. The van der Waals surface area contributed by atoms with Crippen molar-refractivity contribution in [3.05, 3.63) is 95.7 Å². The molecule has 1 aromatic heterocycles. The fraction of sp³-hybridized carbons (Fsp3) is 0.207. The van der Waals surface area contributed by atoms with E-state index in [1.54, 1.807) is 6.07 Å². The molecule has 2 aliphatic heterocycles. The molecule has 0 spiro atoms. The summed E-state index contributed by atoms with van der Waals surface area (Å²) in [6.45, 7) is -0.843. The van der Waals surface area contributed by atoms with Gasteiger partial charge in [-0.05, 0) is 42.5 Å². The Hall–Kier alpha value is -4.77. The second-order valence-electron chi connectivity index (χ2n) is 10.0. The number of nitrogens with zero attached hydrogens (tertiary/aromatic N) is 5. The van der Waals surface area contributed by atoms with Crippen molar-refractivity contribution in [2.75, 3.05) is 13.2 Å². The second-order valence-corrected chi connectivity index (χ2v) is 11.3. The van der Waals surface area contributed by atoms with Gasteiger partial charge in [0, 0.05) is 24.4 Å². The Bertz CT molecular complexity index is 1950. The molecule has 0 amide bonds. The van der Waals surface area contributed by atoms with Crippen molar-refractivity contribution in [1.82, 2.24) is 24.7 Å². The predicted molar refractivity (Wildman–Crippen MR) is 151 cm³/mol. The fourth-order valence-electron chi connectivity index (χ4n) is 4.55. The molecule has 1 unspecified atom stereocenters. The third-order valence-corrected chi connectivity index (χ3v) is 7.23. The molecule has 0 bridgehead atoms. The van der Waals surface area contributed by atoms with Crippen LogP contribution < -0.4 is 0 Å². The van der Waals surface area contributed by atoms with E-state index in [9.17, 15) is 40.1 Å². The van der Waals surface area contributed by atoms with Gasteiger partial charge < -0.3 is 19.1 Å². The molecule has 0 saturated carbocycles. The van der Waals surface area contributed by atoms with Crippen molar-refractivity contribution in [3.8, 4) is 34.0 Å². The summed E-state index contributed by atoms with van der Waals surface area (Å²) >= 11 is 0. The maximum absolute atomic E-state index is 14.4. The third kappa shape index (κ3) is 8.02. The first-order chi connectivity index (χ1) is 22.5. The lowest BCUT2D eigenvalue weighted by Crippen LogP contribution is -2.25. The zero-order valence-electron chi connectivity index (χ0n) is 24.0. The summed E-state index contributed by atoms with van der Waals surface area (Å²) in [5, 5.41) is 7.66. The van der Waals surface area contributed by atoms with Crippen molar-refractivity contribution in [2.45, 2.75) is 24.8 Å². The second kappa shape index (κ2) is 13.4. The van der Waals surface area contributed by atoms with Crippen LogP contribution >= 0.6 is 7.82 Å². The largest absolute Gasteiger partial charge is 0.469 e. The smallest absolute Gasteiger partial charge is 0.464 e. The van der Waals surface area contributed by atoms with Crippen LogP contribution in [0.25, 0.3) is 34.0 Å². The monoisotopic (exact) mass is 699 g/mol. The van der Waals surface area contributed by atoms with E-state index in [0.29, 0.717) is 17.8 Å². The van der Waals surface area contributed by atoms with Gasteiger partial charge in [-0.25, -0.2) is 23.7 Å². The number of esters is 1. The zero-order valence-corrected chi connectivity index (χ0v) is 24.9. The molecule has 48 heavy (non-hydrogen) atoms. The van der Waals surface area contributed by atoms with Crippen LogP contribution in [0.2, 0.25) is 0 Å². The first-order valence-corrected chi connectivity index (χ1v) is 15.1. The number of halogens is 7. The van der Waals surface area contributed by atoms with Gasteiger partial charge in [-0.3, -0.25) is 4.52 Å². The molecule has 5 rings (SSSR count). The number of aromatic nitrogens is 5. The van der Waals surface area contributed by atoms with Crippen molar-refractivity contribution in [2.24, 2.45) is 0 Å². The number of alkyl halides is 6. The molecule has 19 heteroatoms. The normalized spacial score (nSPS) is 13.1. The first-order valence-electron chi connectivity index (χ1n) is 13.6. The summed E-state index contributed by atoms with van der Waals surface area (Å²) in [6, 6.07) is 8.94. The van der Waals surface area contributed by atoms with Crippen LogP contribution in [-0.4, -0.2) is 53.7 Å². The molecule has 2 aliphatic rings. The van der Waals surface area contributed by atoms with E-state index in [0.717, 1.165) is 12.1 Å². The van der Waals surface area contributed by atoms with Crippen molar-refractivity contribution < 1.29 is 59.1 Å². The highest BCUT2D eigenvalue weighted by atomic mass is 31.2. The molecule has 2 N–H and O–H groups in total. The van der Waals surface area contributed by atoms with Crippen LogP contribution in [0.4, 0.5) is 30.7 Å². The summed E-state index contributed by atoms with van der Waals surface area (Å²) < 4.78 is 117. The van der Waals surface area contributed by atoms with Crippen LogP contribution in [0, 0.1) is 5.82 Å². The number of rotatable bonds is 10. The number of hydrogen-bond acceptors (Lipinski definition) is 8. The van der Waals surface area contributed by atoms with Gasteiger partial charge in [0.1, 0.15) is 11.5 Å². The van der Waals surface area contributed by atoms with Crippen LogP contribution in [-0.2, 0) is 31.0 Å². The average Bonchev–Trinajstić information content (AvgIpc) is 3.43. The molecule has 0 saturated heterocycles. The molecular weight excluding hydrogens is 678 g/mol. The van der Waals surface area contributed by atoms with Gasteiger partial charge in [-0.1, -0.05) is 18.2 Å². The van der Waals surface area contributed by atoms with E-state index in [1.807, 2.05) is 0 Å². The van der Waals surface area contributed by atoms with Gasteiger partial charge in [-0.15, -0.1) is 0 Å². The molecule has 1 atom stereocenters. The Morgan fingerprint density at radius 1 is 0.854 bits per heavy atom. The number of carbonyl (C=O) groups excluding carboxylic acids is 1. The Morgan fingerprint density at radius 2 is 1.58 bits per heavy atom. The molecular formula is C29H21F7N5O6P. The van der Waals surface area contributed by atoms with Gasteiger partial charge in [0.25, 0.3) is 0 Å². The minimum Gasteiger partial charge on any atom is -0.464 e. The van der Waals surface area contributed by atoms with Crippen LogP contribution in [0.5, 0.6) is 0 Å². The lowest BCUT2D eigenvalue weighted by atomic mass is 10.00. The molecule has 0 radical (unpaired) electrons. The van der Waals surface area contributed by atoms with Gasteiger partial charge in [0.05, 0.1) is 47.0 Å². The third-order valence-electron chi connectivity index (χ3n) is 6.71. The molecule has 11 nitrogen and oxygen atoms in total. The van der Waals surface area contributed by atoms with Crippen LogP contribution in [0.15, 0.2) is 73.1 Å². The molecule has 252 valence electrons. The standard InChI is InChI=1S/C29H21F7N5O6P/c30-20-5-2-1-4-18(20)26-37-22-10-11-41(15-24(22)38-26)25(27(42)46-12-3-13-47-48(43,44)45)23-9-8-21(39-40-23)17-7-6-16(28(31,32)33)14-19(17)29(34,35)36/h1-2,4-11,14-15,25H,3,12-13H2,(H2,43,44,45). The van der Waals surface area contributed by atoms with Crippen molar-refractivity contribution >= 4 is 13.8 Å². The number of pyridine rings is 1. The number of phosphoric ester groups is 1. The number of hydrogen-bond donors (Lipinski definition) is 2. The Morgan fingerprint density at radius 3 is 2.23 bits per heavy atom. The minimum atomic E-state index is -5.18. The van der Waals surface area contributed by atoms with Gasteiger partial charge in [0.2, 0.25) is 0 Å². The lowest BCUT2D eigenvalue weighted by Gasteiger charge is -2.20. The van der Waals surface area contributed by atoms with E-state index in [2.05, 4.69) is 24.7 Å². The van der Waals surface area contributed by atoms with Gasteiger partial charge in [-0.2, -0.15) is 36.5 Å². The van der Waals surface area contributed by atoms with Gasteiger partial charge in [0.15, 0.2) is 11.9 Å². The maximum atomic E-state index is 14.4. The lowest BCUT2D eigenvalue weighted by molar-refractivity contribution is -0.147. The van der Waals surface area contributed by atoms with E-state index < -0.39 is 67.0 Å². The van der Waals surface area contributed by atoms with Crippen molar-refractivity contribution in [3.63, 3.8) is 0 Å². The summed E-state index contributed by atoms with van der Waals surface area (Å²) in [6.07, 6.45) is -7.63. The molecule has 3 aromatic rings. The van der Waals surface area contributed by atoms with E-state index in [1.165, 1.54) is 41.2 Å². The molecule has 0 aliphatic carbocycles. The molecule has 3 heterocycles. The van der Waals surface area contributed by atoms with Crippen LogP contribution in [0.3, 0.4) is 0 Å². The Kier molecular flexibility index (Phi) is 9.64. The highest BCUT2D eigenvalue weighted by molar-refractivity contribution is 7.46. The summed E-state index contributed by atoms with van der Waals surface area (Å²) in [4.78, 5) is 39.6. The number of phosphoric acid groups is 1. The SMILES string of the molecule is O=C(OCCCOP(=O)(O)O)C(c1ccc(-c2ccc(C(F)(F)F)cc2C(F)(F)F)nn1)n1ccc2nc(-c3ccccc3F)nc-2c1. The fourth-order valence-corrected chi connectivity index (χ4v) is 4.92. The molecule has 2 aromatic carbocycles. The minimum absolute atomic E-state index is 0.0389. The highest BCUT2D eigenvalue weighted by Crippen LogP contribution is 2.41. The Labute approximate surface area is 265 Å². The zero-order chi connectivity index (χ0) is 34.9. The Balaban J connectivity index is 1.50. The maximum Gasteiger partial charge on any atom is 0.469 e. The van der Waals surface area contributed by atoms with E-state index >= 15 is 0 Å². The summed E-state index contributed by atoms with van der Waals surface area (Å²) in [7, 11) is -4.77. The number of fused-ring (bicyclic) bond motifs is 1. The topological polar surface area (TPSA) is 150 Å². The average molecular weight is 699 g/mol.